The summed E-state index contributed by atoms with van der Waals surface area (Å²) in [6, 6.07) is 0. The van der Waals surface area contributed by atoms with E-state index in [0.717, 1.165) is 0 Å². The Labute approximate surface area is 145 Å². The SMILES string of the molecule is CCOP(=O)(CCCOCn1cnc2c(Cl)nc(N)nc21)OCC. The number of nitrogen functional groups attached to an aromatic ring is 1. The summed E-state index contributed by atoms with van der Waals surface area (Å²) in [7, 11) is -3.03. The summed E-state index contributed by atoms with van der Waals surface area (Å²) in [5, 5.41) is 0.200. The smallest absolute Gasteiger partial charge is 0.330 e. The minimum atomic E-state index is -3.03. The number of imidazole rings is 1. The van der Waals surface area contributed by atoms with Crippen LogP contribution in [0.3, 0.4) is 0 Å². The number of hydrogen-bond acceptors (Lipinski definition) is 8. The Bertz CT molecular complexity index is 716. The van der Waals surface area contributed by atoms with E-state index < -0.39 is 7.60 Å². The van der Waals surface area contributed by atoms with Crippen LogP contribution >= 0.6 is 19.2 Å². The lowest BCUT2D eigenvalue weighted by Crippen LogP contribution is -2.07. The van der Waals surface area contributed by atoms with Crippen LogP contribution in [-0.4, -0.2) is 45.5 Å². The van der Waals surface area contributed by atoms with Gasteiger partial charge in [-0.05, 0) is 20.3 Å². The topological polar surface area (TPSA) is 114 Å². The van der Waals surface area contributed by atoms with Crippen LogP contribution in [0.25, 0.3) is 11.2 Å². The standard InChI is InChI=1S/C13H21ClN5O4P/c1-3-22-24(20,23-4-2)7-5-6-21-9-19-8-16-10-11(14)17-13(15)18-12(10)19/h8H,3-7,9H2,1-2H3,(H2,15,17,18). The van der Waals surface area contributed by atoms with Crippen molar-refractivity contribution in [2.45, 2.75) is 27.0 Å². The van der Waals surface area contributed by atoms with Gasteiger partial charge >= 0.3 is 7.60 Å². The summed E-state index contributed by atoms with van der Waals surface area (Å²) in [5.74, 6) is 0.0728. The average molecular weight is 378 g/mol. The number of halogens is 1. The number of nitrogens with two attached hydrogens (primary N) is 1. The molecule has 0 amide bonds. The molecular weight excluding hydrogens is 357 g/mol. The Morgan fingerprint density at radius 1 is 1.29 bits per heavy atom. The number of nitrogens with zero attached hydrogens (tertiary/aromatic N) is 4. The van der Waals surface area contributed by atoms with E-state index in [2.05, 4.69) is 15.0 Å². The van der Waals surface area contributed by atoms with E-state index in [4.69, 9.17) is 31.1 Å². The second-order valence-corrected chi connectivity index (χ2v) is 7.36. The molecule has 9 nitrogen and oxygen atoms in total. The molecule has 0 unspecified atom stereocenters. The maximum absolute atomic E-state index is 12.3. The molecule has 0 aliphatic heterocycles. The van der Waals surface area contributed by atoms with Crippen LogP contribution < -0.4 is 5.73 Å². The van der Waals surface area contributed by atoms with Crippen LogP contribution in [-0.2, 0) is 25.1 Å². The highest BCUT2D eigenvalue weighted by Crippen LogP contribution is 2.48. The summed E-state index contributed by atoms with van der Waals surface area (Å²) in [4.78, 5) is 12.1. The molecule has 0 aliphatic rings. The van der Waals surface area contributed by atoms with Crippen LogP contribution in [0.1, 0.15) is 20.3 Å². The van der Waals surface area contributed by atoms with Crippen molar-refractivity contribution in [1.82, 2.24) is 19.5 Å². The third kappa shape index (κ3) is 4.87. The van der Waals surface area contributed by atoms with Crippen molar-refractivity contribution in [3.63, 3.8) is 0 Å². The molecule has 2 N–H and O–H groups in total. The molecule has 0 atom stereocenters. The van der Waals surface area contributed by atoms with Crippen LogP contribution in [0.5, 0.6) is 0 Å². The van der Waals surface area contributed by atoms with Gasteiger partial charge in [-0.3, -0.25) is 9.13 Å². The summed E-state index contributed by atoms with van der Waals surface area (Å²) in [6.45, 7) is 4.87. The molecule has 0 radical (unpaired) electrons. The normalized spacial score (nSPS) is 12.1. The van der Waals surface area contributed by atoms with E-state index in [-0.39, 0.29) is 17.8 Å². The molecule has 134 valence electrons. The zero-order chi connectivity index (χ0) is 17.6. The van der Waals surface area contributed by atoms with Crippen LogP contribution in [0.4, 0.5) is 5.95 Å². The van der Waals surface area contributed by atoms with Gasteiger partial charge in [0.1, 0.15) is 12.2 Å². The molecule has 0 bridgehead atoms. The van der Waals surface area contributed by atoms with Gasteiger partial charge in [0.2, 0.25) is 5.95 Å². The number of rotatable bonds is 10. The summed E-state index contributed by atoms with van der Waals surface area (Å²) in [6.07, 6.45) is 2.40. The van der Waals surface area contributed by atoms with Gasteiger partial charge in [-0.2, -0.15) is 9.97 Å². The van der Waals surface area contributed by atoms with Crippen molar-refractivity contribution in [1.29, 1.82) is 0 Å². The van der Waals surface area contributed by atoms with E-state index in [1.807, 2.05) is 0 Å². The van der Waals surface area contributed by atoms with E-state index in [9.17, 15) is 4.57 Å². The fourth-order valence-electron chi connectivity index (χ4n) is 2.10. The first-order valence-corrected chi connectivity index (χ1v) is 9.69. The first-order valence-electron chi connectivity index (χ1n) is 7.58. The highest BCUT2D eigenvalue weighted by molar-refractivity contribution is 7.53. The molecule has 0 spiro atoms. The van der Waals surface area contributed by atoms with Crippen molar-refractivity contribution in [3.05, 3.63) is 11.5 Å². The molecule has 0 fully saturated rings. The molecule has 2 rings (SSSR count). The minimum Gasteiger partial charge on any atom is -0.368 e. The van der Waals surface area contributed by atoms with E-state index in [0.29, 0.717) is 43.6 Å². The lowest BCUT2D eigenvalue weighted by molar-refractivity contribution is 0.0788. The van der Waals surface area contributed by atoms with Gasteiger partial charge in [0.15, 0.2) is 10.8 Å². The van der Waals surface area contributed by atoms with Crippen LogP contribution in [0.15, 0.2) is 6.33 Å². The van der Waals surface area contributed by atoms with Crippen LogP contribution in [0, 0.1) is 0 Å². The zero-order valence-electron chi connectivity index (χ0n) is 13.6. The largest absolute Gasteiger partial charge is 0.368 e. The molecule has 0 aliphatic carbocycles. The predicted octanol–water partition coefficient (Wildman–Crippen LogP) is 2.69. The third-order valence-corrected chi connectivity index (χ3v) is 5.47. The van der Waals surface area contributed by atoms with Gasteiger partial charge < -0.3 is 19.5 Å². The van der Waals surface area contributed by atoms with Crippen molar-refractivity contribution in [2.75, 3.05) is 31.7 Å². The first kappa shape index (κ1) is 19.1. The lowest BCUT2D eigenvalue weighted by Gasteiger charge is -2.16. The fraction of sp³-hybridized carbons (Fsp3) is 0.615. The Morgan fingerprint density at radius 2 is 2.00 bits per heavy atom. The Balaban J connectivity index is 1.86. The summed E-state index contributed by atoms with van der Waals surface area (Å²) in [5.41, 5.74) is 6.55. The van der Waals surface area contributed by atoms with Crippen LogP contribution in [0.2, 0.25) is 5.15 Å². The predicted molar refractivity (Wildman–Crippen MR) is 91.0 cm³/mol. The number of ether oxygens (including phenoxy) is 1. The number of aromatic nitrogens is 4. The molecule has 2 aromatic heterocycles. The zero-order valence-corrected chi connectivity index (χ0v) is 15.3. The second-order valence-electron chi connectivity index (χ2n) is 4.82. The summed E-state index contributed by atoms with van der Waals surface area (Å²) < 4.78 is 30.0. The monoisotopic (exact) mass is 377 g/mol. The maximum Gasteiger partial charge on any atom is 0.330 e. The third-order valence-electron chi connectivity index (χ3n) is 3.04. The molecule has 0 saturated heterocycles. The molecule has 24 heavy (non-hydrogen) atoms. The van der Waals surface area contributed by atoms with E-state index in [1.165, 1.54) is 0 Å². The molecule has 2 heterocycles. The Kier molecular flexibility index (Phi) is 6.94. The number of anilines is 1. The average Bonchev–Trinajstić information content (AvgIpc) is 2.91. The van der Waals surface area contributed by atoms with Crippen molar-refractivity contribution >= 4 is 36.3 Å². The van der Waals surface area contributed by atoms with Crippen molar-refractivity contribution in [2.24, 2.45) is 0 Å². The van der Waals surface area contributed by atoms with E-state index in [1.54, 1.807) is 24.7 Å². The number of fused-ring (bicyclic) bond motifs is 1. The quantitative estimate of drug-likeness (QED) is 0.382. The lowest BCUT2D eigenvalue weighted by atomic mass is 10.5. The van der Waals surface area contributed by atoms with Crippen molar-refractivity contribution < 1.29 is 18.3 Å². The molecular formula is C13H21ClN5O4P. The van der Waals surface area contributed by atoms with Gasteiger partial charge in [-0.1, -0.05) is 11.6 Å². The second kappa shape index (κ2) is 8.73. The molecule has 2 aromatic rings. The minimum absolute atomic E-state index is 0.0728. The molecule has 11 heteroatoms. The van der Waals surface area contributed by atoms with Gasteiger partial charge in [0.25, 0.3) is 0 Å². The van der Waals surface area contributed by atoms with Gasteiger partial charge in [0.05, 0.1) is 25.7 Å². The van der Waals surface area contributed by atoms with Crippen molar-refractivity contribution in [3.8, 4) is 0 Å². The fourth-order valence-corrected chi connectivity index (χ4v) is 3.96. The van der Waals surface area contributed by atoms with E-state index >= 15 is 0 Å². The Morgan fingerprint density at radius 3 is 2.67 bits per heavy atom. The molecule has 0 aromatic carbocycles. The highest BCUT2D eigenvalue weighted by atomic mass is 35.5. The maximum atomic E-state index is 12.3. The summed E-state index contributed by atoms with van der Waals surface area (Å²) >= 11 is 5.96. The highest BCUT2D eigenvalue weighted by Gasteiger charge is 2.22. The van der Waals surface area contributed by atoms with Gasteiger partial charge in [-0.25, -0.2) is 4.98 Å². The Hall–Kier alpha value is -1.25. The van der Waals surface area contributed by atoms with Gasteiger partial charge in [0, 0.05) is 6.61 Å². The number of hydrogen-bond donors (Lipinski definition) is 1. The molecule has 0 saturated carbocycles. The first-order chi connectivity index (χ1) is 11.5. The van der Waals surface area contributed by atoms with Gasteiger partial charge in [-0.15, -0.1) is 0 Å².